The van der Waals surface area contributed by atoms with Crippen LogP contribution in [0.5, 0.6) is 0 Å². The molecule has 1 aromatic carbocycles. The highest BCUT2D eigenvalue weighted by molar-refractivity contribution is 6.38. The summed E-state index contributed by atoms with van der Waals surface area (Å²) in [6.45, 7) is 0. The lowest BCUT2D eigenvalue weighted by Gasteiger charge is -2.02. The van der Waals surface area contributed by atoms with Crippen LogP contribution in [0.25, 0.3) is 0 Å². The highest BCUT2D eigenvalue weighted by Crippen LogP contribution is 2.21. The molecule has 0 aliphatic rings. The summed E-state index contributed by atoms with van der Waals surface area (Å²) in [5.74, 6) is -0.912. The van der Waals surface area contributed by atoms with E-state index in [1.54, 1.807) is 18.2 Å². The lowest BCUT2D eigenvalue weighted by Crippen LogP contribution is -2.24. The smallest absolute Gasteiger partial charge is 0.201 e. The summed E-state index contributed by atoms with van der Waals surface area (Å²) in [5.41, 5.74) is 5.65. The second-order valence-electron chi connectivity index (χ2n) is 2.75. The van der Waals surface area contributed by atoms with Crippen molar-refractivity contribution < 1.29 is 4.79 Å². The molecule has 0 aromatic heterocycles. The van der Waals surface area contributed by atoms with Gasteiger partial charge >= 0.3 is 0 Å². The van der Waals surface area contributed by atoms with E-state index in [9.17, 15) is 4.79 Å². The van der Waals surface area contributed by atoms with Crippen LogP contribution in [-0.4, -0.2) is 11.6 Å². The van der Waals surface area contributed by atoms with E-state index in [0.29, 0.717) is 15.6 Å². The molecular formula is C9H8Cl2N2O. The normalized spacial score (nSPS) is 9.86. The van der Waals surface area contributed by atoms with Crippen LogP contribution in [0.3, 0.4) is 0 Å². The lowest BCUT2D eigenvalue weighted by atomic mass is 10.1. The van der Waals surface area contributed by atoms with Gasteiger partial charge in [0.15, 0.2) is 5.84 Å². The van der Waals surface area contributed by atoms with Gasteiger partial charge in [-0.25, -0.2) is 0 Å². The van der Waals surface area contributed by atoms with Crippen molar-refractivity contribution >= 4 is 34.8 Å². The van der Waals surface area contributed by atoms with Crippen LogP contribution in [0.2, 0.25) is 10.0 Å². The van der Waals surface area contributed by atoms with Crippen molar-refractivity contribution in [3.8, 4) is 0 Å². The Kier molecular flexibility index (Phi) is 3.49. The number of hydrogen-bond donors (Lipinski definition) is 2. The molecule has 0 amide bonds. The van der Waals surface area contributed by atoms with Crippen molar-refractivity contribution in [2.75, 3.05) is 0 Å². The van der Waals surface area contributed by atoms with Gasteiger partial charge in [-0.15, -0.1) is 0 Å². The second kappa shape index (κ2) is 4.44. The van der Waals surface area contributed by atoms with Gasteiger partial charge in [-0.05, 0) is 17.7 Å². The van der Waals surface area contributed by atoms with Crippen molar-refractivity contribution in [3.63, 3.8) is 0 Å². The number of benzene rings is 1. The van der Waals surface area contributed by atoms with Crippen molar-refractivity contribution in [1.29, 1.82) is 5.41 Å². The molecule has 0 radical (unpaired) electrons. The van der Waals surface area contributed by atoms with E-state index in [0.717, 1.165) is 0 Å². The fraction of sp³-hybridized carbons (Fsp3) is 0.111. The molecule has 1 aromatic rings. The molecule has 0 unspecified atom stereocenters. The predicted octanol–water partition coefficient (Wildman–Crippen LogP) is 2.04. The fourth-order valence-electron chi connectivity index (χ4n) is 0.933. The Bertz CT molecular complexity index is 390. The molecule has 0 atom stereocenters. The van der Waals surface area contributed by atoms with Crippen LogP contribution in [0.15, 0.2) is 18.2 Å². The molecular weight excluding hydrogens is 223 g/mol. The van der Waals surface area contributed by atoms with Crippen LogP contribution in [0.1, 0.15) is 5.56 Å². The molecule has 0 aliphatic heterocycles. The molecule has 0 bridgehead atoms. The van der Waals surface area contributed by atoms with Crippen molar-refractivity contribution in [1.82, 2.24) is 0 Å². The zero-order valence-corrected chi connectivity index (χ0v) is 8.69. The van der Waals surface area contributed by atoms with E-state index in [4.69, 9.17) is 34.3 Å². The van der Waals surface area contributed by atoms with E-state index in [1.807, 2.05) is 0 Å². The Labute approximate surface area is 91.3 Å². The van der Waals surface area contributed by atoms with Crippen molar-refractivity contribution in [3.05, 3.63) is 33.8 Å². The quantitative estimate of drug-likeness (QED) is 0.617. The lowest BCUT2D eigenvalue weighted by molar-refractivity contribution is -0.112. The molecule has 1 rings (SSSR count). The molecule has 0 heterocycles. The van der Waals surface area contributed by atoms with Crippen molar-refractivity contribution in [2.24, 2.45) is 5.73 Å². The summed E-state index contributed by atoms with van der Waals surface area (Å²) >= 11 is 11.5. The number of rotatable bonds is 3. The summed E-state index contributed by atoms with van der Waals surface area (Å²) in [6, 6.07) is 4.83. The van der Waals surface area contributed by atoms with E-state index in [2.05, 4.69) is 0 Å². The topological polar surface area (TPSA) is 66.9 Å². The van der Waals surface area contributed by atoms with Crippen LogP contribution < -0.4 is 5.73 Å². The molecule has 0 aliphatic carbocycles. The van der Waals surface area contributed by atoms with E-state index in [1.165, 1.54) is 0 Å². The third kappa shape index (κ3) is 2.72. The molecule has 14 heavy (non-hydrogen) atoms. The van der Waals surface area contributed by atoms with E-state index >= 15 is 0 Å². The molecule has 3 N–H and O–H groups in total. The number of amidine groups is 1. The predicted molar refractivity (Wildman–Crippen MR) is 57.1 cm³/mol. The largest absolute Gasteiger partial charge is 0.381 e. The highest BCUT2D eigenvalue weighted by atomic mass is 35.5. The standard InChI is InChI=1S/C9H8Cl2N2O/c10-6-2-1-5(7(11)4-6)3-8(14)9(12)13/h1-2,4H,3H2,(H3,12,13). The first-order valence-electron chi connectivity index (χ1n) is 3.82. The maximum absolute atomic E-state index is 11.1. The number of ketones is 1. The van der Waals surface area contributed by atoms with Crippen molar-refractivity contribution in [2.45, 2.75) is 6.42 Å². The number of halogens is 2. The maximum Gasteiger partial charge on any atom is 0.201 e. The molecule has 0 fully saturated rings. The monoisotopic (exact) mass is 230 g/mol. The first-order chi connectivity index (χ1) is 6.50. The number of nitrogens with two attached hydrogens (primary N) is 1. The molecule has 0 saturated carbocycles. The van der Waals surface area contributed by atoms with Gasteiger partial charge in [-0.2, -0.15) is 0 Å². The minimum atomic E-state index is -0.462. The van der Waals surface area contributed by atoms with Gasteiger partial charge in [-0.1, -0.05) is 29.3 Å². The van der Waals surface area contributed by atoms with Gasteiger partial charge in [0.1, 0.15) is 0 Å². The minimum absolute atomic E-state index is 0.0331. The van der Waals surface area contributed by atoms with Crippen LogP contribution in [0, 0.1) is 5.41 Å². The van der Waals surface area contributed by atoms with Crippen LogP contribution >= 0.6 is 23.2 Å². The summed E-state index contributed by atoms with van der Waals surface area (Å²) in [7, 11) is 0. The number of carbonyl (C=O) groups excluding carboxylic acids is 1. The third-order valence-corrected chi connectivity index (χ3v) is 2.25. The second-order valence-corrected chi connectivity index (χ2v) is 3.59. The molecule has 0 saturated heterocycles. The molecule has 74 valence electrons. The number of Topliss-reactive ketones (excluding diaryl/α,β-unsaturated/α-hetero) is 1. The Balaban J connectivity index is 2.87. The van der Waals surface area contributed by atoms with E-state index in [-0.39, 0.29) is 6.42 Å². The van der Waals surface area contributed by atoms with Gasteiger partial charge in [0, 0.05) is 16.5 Å². The maximum atomic E-state index is 11.1. The zero-order valence-electron chi connectivity index (χ0n) is 7.18. The number of nitrogens with one attached hydrogen (secondary N) is 1. The fourth-order valence-corrected chi connectivity index (χ4v) is 1.41. The van der Waals surface area contributed by atoms with Crippen LogP contribution in [-0.2, 0) is 11.2 Å². The number of carbonyl (C=O) groups is 1. The van der Waals surface area contributed by atoms with Gasteiger partial charge in [-0.3, -0.25) is 10.2 Å². The van der Waals surface area contributed by atoms with Crippen LogP contribution in [0.4, 0.5) is 0 Å². The minimum Gasteiger partial charge on any atom is -0.381 e. The molecule has 5 heteroatoms. The average molecular weight is 231 g/mol. The first kappa shape index (κ1) is 11.0. The Morgan fingerprint density at radius 3 is 2.57 bits per heavy atom. The number of hydrogen-bond acceptors (Lipinski definition) is 2. The summed E-state index contributed by atoms with van der Waals surface area (Å²) in [4.78, 5) is 11.1. The van der Waals surface area contributed by atoms with Gasteiger partial charge in [0.2, 0.25) is 5.78 Å². The summed E-state index contributed by atoms with van der Waals surface area (Å²) < 4.78 is 0. The highest BCUT2D eigenvalue weighted by Gasteiger charge is 2.09. The molecule has 0 spiro atoms. The SMILES string of the molecule is N=C(N)C(=O)Cc1ccc(Cl)cc1Cl. The average Bonchev–Trinajstić information content (AvgIpc) is 2.09. The van der Waals surface area contributed by atoms with Gasteiger partial charge in [0.25, 0.3) is 0 Å². The Hall–Kier alpha value is -1.06. The Morgan fingerprint density at radius 2 is 2.07 bits per heavy atom. The summed E-state index contributed by atoms with van der Waals surface area (Å²) in [6.07, 6.45) is 0.0331. The van der Waals surface area contributed by atoms with E-state index < -0.39 is 11.6 Å². The third-order valence-electron chi connectivity index (χ3n) is 1.67. The summed E-state index contributed by atoms with van der Waals surface area (Å²) in [5, 5.41) is 7.84. The zero-order chi connectivity index (χ0) is 10.7. The first-order valence-corrected chi connectivity index (χ1v) is 4.57. The van der Waals surface area contributed by atoms with Gasteiger partial charge in [0.05, 0.1) is 0 Å². The Morgan fingerprint density at radius 1 is 1.43 bits per heavy atom. The molecule has 3 nitrogen and oxygen atoms in total. The van der Waals surface area contributed by atoms with Gasteiger partial charge < -0.3 is 5.73 Å².